The van der Waals surface area contributed by atoms with E-state index in [2.05, 4.69) is 19.2 Å². The highest BCUT2D eigenvalue weighted by atomic mass is 16.4. The summed E-state index contributed by atoms with van der Waals surface area (Å²) in [5.41, 5.74) is 0. The van der Waals surface area contributed by atoms with E-state index < -0.39 is 5.97 Å². The minimum absolute atomic E-state index is 0.0961. The van der Waals surface area contributed by atoms with Gasteiger partial charge in [-0.1, -0.05) is 13.8 Å². The minimum Gasteiger partial charge on any atom is -0.481 e. The molecule has 0 aliphatic heterocycles. The van der Waals surface area contributed by atoms with Gasteiger partial charge in [0, 0.05) is 18.9 Å². The number of rotatable bonds is 5. The van der Waals surface area contributed by atoms with E-state index in [-0.39, 0.29) is 24.2 Å². The average Bonchev–Trinajstić information content (AvgIpc) is 2.26. The van der Waals surface area contributed by atoms with Gasteiger partial charge in [-0.3, -0.25) is 9.59 Å². The van der Waals surface area contributed by atoms with Gasteiger partial charge in [-0.25, -0.2) is 0 Å². The highest BCUT2D eigenvalue weighted by Gasteiger charge is 2.27. The van der Waals surface area contributed by atoms with E-state index in [0.29, 0.717) is 5.92 Å². The zero-order valence-electron chi connectivity index (χ0n) is 10.7. The molecule has 0 aromatic rings. The lowest BCUT2D eigenvalue weighted by atomic mass is 9.80. The van der Waals surface area contributed by atoms with Crippen LogP contribution in [0, 0.1) is 17.8 Å². The molecule has 1 saturated carbocycles. The summed E-state index contributed by atoms with van der Waals surface area (Å²) >= 11 is 0. The first kappa shape index (κ1) is 14.0. The van der Waals surface area contributed by atoms with Gasteiger partial charge in [-0.2, -0.15) is 0 Å². The van der Waals surface area contributed by atoms with Crippen molar-refractivity contribution in [3.63, 3.8) is 0 Å². The first-order chi connectivity index (χ1) is 7.99. The number of hydrogen-bond acceptors (Lipinski definition) is 2. The maximum atomic E-state index is 11.8. The van der Waals surface area contributed by atoms with Gasteiger partial charge in [0.25, 0.3) is 0 Å². The maximum absolute atomic E-state index is 11.8. The second-order valence-electron chi connectivity index (χ2n) is 5.45. The Morgan fingerprint density at radius 1 is 1.24 bits per heavy atom. The molecule has 1 rings (SSSR count). The molecule has 1 aliphatic carbocycles. The first-order valence-corrected chi connectivity index (χ1v) is 6.48. The molecule has 0 aromatic carbocycles. The van der Waals surface area contributed by atoms with Crippen molar-refractivity contribution in [1.29, 1.82) is 0 Å². The quantitative estimate of drug-likeness (QED) is 0.774. The minimum atomic E-state index is -0.724. The number of carbonyl (C=O) groups excluding carboxylic acids is 1. The topological polar surface area (TPSA) is 66.4 Å². The van der Waals surface area contributed by atoms with Crippen molar-refractivity contribution in [2.24, 2.45) is 17.8 Å². The number of carbonyl (C=O) groups is 2. The highest BCUT2D eigenvalue weighted by Crippen LogP contribution is 2.30. The molecule has 2 N–H and O–H groups in total. The van der Waals surface area contributed by atoms with Crippen molar-refractivity contribution in [3.8, 4) is 0 Å². The molecule has 0 atom stereocenters. The van der Waals surface area contributed by atoms with Crippen LogP contribution in [0.4, 0.5) is 0 Å². The van der Waals surface area contributed by atoms with Crippen LogP contribution in [0.1, 0.15) is 46.0 Å². The van der Waals surface area contributed by atoms with E-state index in [0.717, 1.165) is 32.2 Å². The number of aliphatic carboxylic acids is 1. The molecule has 0 aromatic heterocycles. The third-order valence-corrected chi connectivity index (χ3v) is 3.37. The Kier molecular flexibility index (Phi) is 5.45. The Balaban J connectivity index is 2.26. The molecule has 0 heterocycles. The summed E-state index contributed by atoms with van der Waals surface area (Å²) in [6.45, 7) is 4.88. The molecule has 0 saturated heterocycles. The third-order valence-electron chi connectivity index (χ3n) is 3.37. The molecule has 4 nitrogen and oxygen atoms in total. The van der Waals surface area contributed by atoms with Crippen molar-refractivity contribution < 1.29 is 14.7 Å². The van der Waals surface area contributed by atoms with Gasteiger partial charge < -0.3 is 10.4 Å². The smallest absolute Gasteiger partial charge is 0.303 e. The van der Waals surface area contributed by atoms with Gasteiger partial charge in [0.1, 0.15) is 0 Å². The summed E-state index contributed by atoms with van der Waals surface area (Å²) in [5, 5.41) is 11.7. The van der Waals surface area contributed by atoms with Crippen molar-refractivity contribution >= 4 is 11.9 Å². The Morgan fingerprint density at radius 3 is 2.29 bits per heavy atom. The van der Waals surface area contributed by atoms with E-state index in [4.69, 9.17) is 5.11 Å². The number of nitrogens with one attached hydrogen (secondary N) is 1. The summed E-state index contributed by atoms with van der Waals surface area (Å²) in [5.74, 6) is 0.257. The Bertz CT molecular complexity index is 268. The van der Waals surface area contributed by atoms with Gasteiger partial charge in [0.05, 0.1) is 0 Å². The predicted molar refractivity (Wildman–Crippen MR) is 65.5 cm³/mol. The predicted octanol–water partition coefficient (Wildman–Crippen LogP) is 2.04. The normalized spacial score (nSPS) is 24.6. The van der Waals surface area contributed by atoms with Crippen molar-refractivity contribution in [2.45, 2.75) is 46.0 Å². The van der Waals surface area contributed by atoms with Gasteiger partial charge in [0.15, 0.2) is 0 Å². The molecule has 1 amide bonds. The molecule has 0 spiro atoms. The Morgan fingerprint density at radius 2 is 1.82 bits per heavy atom. The standard InChI is InChI=1S/C13H23NO3/c1-9(2)8-14-13(17)11-5-3-10(4-6-11)7-12(15)16/h9-11H,3-8H2,1-2H3,(H,14,17)(H,15,16). The summed E-state index contributed by atoms with van der Waals surface area (Å²) in [7, 11) is 0. The van der Waals surface area contributed by atoms with Crippen LogP contribution in [-0.2, 0) is 9.59 Å². The van der Waals surface area contributed by atoms with Crippen LogP contribution < -0.4 is 5.32 Å². The second-order valence-corrected chi connectivity index (χ2v) is 5.45. The average molecular weight is 241 g/mol. The molecular weight excluding hydrogens is 218 g/mol. The fraction of sp³-hybridized carbons (Fsp3) is 0.846. The van der Waals surface area contributed by atoms with Crippen LogP contribution in [0.3, 0.4) is 0 Å². The van der Waals surface area contributed by atoms with E-state index in [9.17, 15) is 9.59 Å². The zero-order valence-corrected chi connectivity index (χ0v) is 10.7. The third kappa shape index (κ3) is 5.20. The number of carboxylic acid groups (broad SMARTS) is 1. The van der Waals surface area contributed by atoms with Crippen molar-refractivity contribution in [3.05, 3.63) is 0 Å². The van der Waals surface area contributed by atoms with Gasteiger partial charge in [-0.05, 0) is 37.5 Å². The second kappa shape index (κ2) is 6.62. The molecule has 98 valence electrons. The maximum Gasteiger partial charge on any atom is 0.303 e. The molecule has 0 unspecified atom stereocenters. The zero-order chi connectivity index (χ0) is 12.8. The summed E-state index contributed by atoms with van der Waals surface area (Å²) in [6.07, 6.45) is 3.65. The van der Waals surface area contributed by atoms with E-state index in [1.165, 1.54) is 0 Å². The lowest BCUT2D eigenvalue weighted by Gasteiger charge is -2.27. The van der Waals surface area contributed by atoms with Crippen LogP contribution in [0.25, 0.3) is 0 Å². The number of carboxylic acids is 1. The fourth-order valence-electron chi connectivity index (χ4n) is 2.32. The first-order valence-electron chi connectivity index (χ1n) is 6.48. The van der Waals surface area contributed by atoms with Gasteiger partial charge in [-0.15, -0.1) is 0 Å². The number of amides is 1. The highest BCUT2D eigenvalue weighted by molar-refractivity contribution is 5.78. The van der Waals surface area contributed by atoms with E-state index in [1.807, 2.05) is 0 Å². The largest absolute Gasteiger partial charge is 0.481 e. The summed E-state index contributed by atoms with van der Waals surface area (Å²) < 4.78 is 0. The van der Waals surface area contributed by atoms with Crippen LogP contribution in [0.15, 0.2) is 0 Å². The lowest BCUT2D eigenvalue weighted by molar-refractivity contribution is -0.138. The summed E-state index contributed by atoms with van der Waals surface area (Å²) in [6, 6.07) is 0. The monoisotopic (exact) mass is 241 g/mol. The van der Waals surface area contributed by atoms with Gasteiger partial charge in [0.2, 0.25) is 5.91 Å². The molecule has 0 bridgehead atoms. The lowest BCUT2D eigenvalue weighted by Crippen LogP contribution is -2.35. The number of hydrogen-bond donors (Lipinski definition) is 2. The van der Waals surface area contributed by atoms with Gasteiger partial charge >= 0.3 is 5.97 Å². The van der Waals surface area contributed by atoms with E-state index >= 15 is 0 Å². The van der Waals surface area contributed by atoms with Crippen LogP contribution in [-0.4, -0.2) is 23.5 Å². The molecule has 4 heteroatoms. The fourth-order valence-corrected chi connectivity index (χ4v) is 2.32. The van der Waals surface area contributed by atoms with Crippen LogP contribution >= 0.6 is 0 Å². The molecule has 17 heavy (non-hydrogen) atoms. The molecule has 1 fully saturated rings. The Hall–Kier alpha value is -1.06. The van der Waals surface area contributed by atoms with E-state index in [1.54, 1.807) is 0 Å². The van der Waals surface area contributed by atoms with Crippen molar-refractivity contribution in [2.75, 3.05) is 6.54 Å². The SMILES string of the molecule is CC(C)CNC(=O)C1CCC(CC(=O)O)CC1. The molecule has 1 aliphatic rings. The Labute approximate surface area is 103 Å². The molecule has 0 radical (unpaired) electrons. The summed E-state index contributed by atoms with van der Waals surface area (Å²) in [4.78, 5) is 22.4. The van der Waals surface area contributed by atoms with Crippen molar-refractivity contribution in [1.82, 2.24) is 5.32 Å². The van der Waals surface area contributed by atoms with Crippen LogP contribution in [0.2, 0.25) is 0 Å². The van der Waals surface area contributed by atoms with Crippen LogP contribution in [0.5, 0.6) is 0 Å². The molecular formula is C13H23NO3.